The molecule has 0 radical (unpaired) electrons. The second-order valence-electron chi connectivity index (χ2n) is 3.50. The van der Waals surface area contributed by atoms with E-state index in [1.807, 2.05) is 25.1 Å². The van der Waals surface area contributed by atoms with E-state index in [0.717, 1.165) is 16.9 Å². The molecule has 1 aromatic carbocycles. The van der Waals surface area contributed by atoms with E-state index in [-0.39, 0.29) is 12.5 Å². The quantitative estimate of drug-likeness (QED) is 0.771. The van der Waals surface area contributed by atoms with E-state index in [1.165, 1.54) is 0 Å². The lowest BCUT2D eigenvalue weighted by atomic mass is 9.99. The van der Waals surface area contributed by atoms with Crippen molar-refractivity contribution in [3.63, 3.8) is 0 Å². The van der Waals surface area contributed by atoms with Crippen molar-refractivity contribution >= 4 is 5.91 Å². The molecule has 4 nitrogen and oxygen atoms in total. The first kappa shape index (κ1) is 11.5. The Balaban J connectivity index is 2.90. The number of ether oxygens (including phenoxy) is 1. The number of rotatable bonds is 4. The smallest absolute Gasteiger partial charge is 0.219 e. The molecular weight excluding hydrogens is 192 g/mol. The van der Waals surface area contributed by atoms with E-state index in [1.54, 1.807) is 7.11 Å². The minimum atomic E-state index is -0.391. The Bertz CT molecular complexity index is 364. The van der Waals surface area contributed by atoms with Crippen LogP contribution in [0.1, 0.15) is 23.6 Å². The van der Waals surface area contributed by atoms with Crippen LogP contribution in [0.25, 0.3) is 0 Å². The maximum absolute atomic E-state index is 10.7. The molecule has 0 saturated heterocycles. The van der Waals surface area contributed by atoms with Gasteiger partial charge in [0.2, 0.25) is 5.91 Å². The Morgan fingerprint density at radius 3 is 2.67 bits per heavy atom. The third-order valence-corrected chi connectivity index (χ3v) is 2.30. The molecule has 1 aromatic rings. The van der Waals surface area contributed by atoms with Crippen LogP contribution in [-0.2, 0) is 4.79 Å². The summed E-state index contributed by atoms with van der Waals surface area (Å²) in [5.74, 6) is 0.389. The van der Waals surface area contributed by atoms with Gasteiger partial charge in [0.25, 0.3) is 0 Å². The number of amides is 1. The minimum absolute atomic E-state index is 0.160. The summed E-state index contributed by atoms with van der Waals surface area (Å²) in [6.45, 7) is 1.93. The van der Waals surface area contributed by atoms with Crippen LogP contribution in [0, 0.1) is 6.92 Å². The van der Waals surface area contributed by atoms with Crippen LogP contribution in [0.4, 0.5) is 0 Å². The first-order valence-corrected chi connectivity index (χ1v) is 4.73. The molecule has 0 bridgehead atoms. The second-order valence-corrected chi connectivity index (χ2v) is 3.50. The van der Waals surface area contributed by atoms with Crippen molar-refractivity contribution in [3.05, 3.63) is 29.3 Å². The third kappa shape index (κ3) is 2.95. The normalized spacial score (nSPS) is 12.2. The summed E-state index contributed by atoms with van der Waals surface area (Å²) in [4.78, 5) is 10.7. The van der Waals surface area contributed by atoms with Crippen molar-refractivity contribution in [2.75, 3.05) is 7.11 Å². The van der Waals surface area contributed by atoms with E-state index in [4.69, 9.17) is 16.2 Å². The van der Waals surface area contributed by atoms with Gasteiger partial charge in [-0.25, -0.2) is 0 Å². The van der Waals surface area contributed by atoms with Crippen LogP contribution in [0.5, 0.6) is 5.75 Å². The number of nitrogens with two attached hydrogens (primary N) is 2. The van der Waals surface area contributed by atoms with Gasteiger partial charge in [-0.2, -0.15) is 0 Å². The summed E-state index contributed by atoms with van der Waals surface area (Å²) in [5.41, 5.74) is 12.9. The Morgan fingerprint density at radius 2 is 2.20 bits per heavy atom. The zero-order chi connectivity index (χ0) is 11.4. The third-order valence-electron chi connectivity index (χ3n) is 2.30. The van der Waals surface area contributed by atoms with Gasteiger partial charge in [-0.1, -0.05) is 6.07 Å². The number of benzene rings is 1. The van der Waals surface area contributed by atoms with E-state index in [2.05, 4.69) is 0 Å². The molecule has 0 spiro atoms. The maximum Gasteiger partial charge on any atom is 0.219 e. The molecular formula is C11H16N2O2. The van der Waals surface area contributed by atoms with Crippen LogP contribution < -0.4 is 16.2 Å². The van der Waals surface area contributed by atoms with Crippen molar-refractivity contribution in [2.24, 2.45) is 11.5 Å². The Kier molecular flexibility index (Phi) is 3.68. The van der Waals surface area contributed by atoms with Gasteiger partial charge >= 0.3 is 0 Å². The number of carbonyl (C=O) groups is 1. The first-order valence-electron chi connectivity index (χ1n) is 4.73. The number of hydrogen-bond acceptors (Lipinski definition) is 3. The van der Waals surface area contributed by atoms with Gasteiger partial charge in [-0.05, 0) is 30.2 Å². The summed E-state index contributed by atoms with van der Waals surface area (Å²) >= 11 is 0. The molecule has 0 fully saturated rings. The molecule has 1 amide bonds. The minimum Gasteiger partial charge on any atom is -0.497 e. The maximum atomic E-state index is 10.7. The summed E-state index contributed by atoms with van der Waals surface area (Å²) in [6, 6.07) is 5.23. The molecule has 0 aliphatic rings. The van der Waals surface area contributed by atoms with Crippen molar-refractivity contribution in [2.45, 2.75) is 19.4 Å². The van der Waals surface area contributed by atoms with Gasteiger partial charge in [0.15, 0.2) is 0 Å². The zero-order valence-electron chi connectivity index (χ0n) is 8.99. The Labute approximate surface area is 89.2 Å². The SMILES string of the molecule is COc1ccc(C(N)CC(N)=O)c(C)c1. The topological polar surface area (TPSA) is 78.3 Å². The number of carbonyl (C=O) groups excluding carboxylic acids is 1. The average molecular weight is 208 g/mol. The van der Waals surface area contributed by atoms with Crippen LogP contribution in [0.2, 0.25) is 0 Å². The lowest BCUT2D eigenvalue weighted by Crippen LogP contribution is -2.21. The highest BCUT2D eigenvalue weighted by Gasteiger charge is 2.11. The fourth-order valence-electron chi connectivity index (χ4n) is 1.52. The summed E-state index contributed by atoms with van der Waals surface area (Å²) in [7, 11) is 1.61. The number of methoxy groups -OCH3 is 1. The van der Waals surface area contributed by atoms with E-state index in [9.17, 15) is 4.79 Å². The van der Waals surface area contributed by atoms with Gasteiger partial charge in [-0.15, -0.1) is 0 Å². The largest absolute Gasteiger partial charge is 0.497 e. The fraction of sp³-hybridized carbons (Fsp3) is 0.364. The summed E-state index contributed by atoms with van der Waals surface area (Å²) in [5, 5.41) is 0. The highest BCUT2D eigenvalue weighted by Crippen LogP contribution is 2.22. The number of aryl methyl sites for hydroxylation is 1. The average Bonchev–Trinajstić information content (AvgIpc) is 2.16. The number of hydrogen-bond donors (Lipinski definition) is 2. The molecule has 4 heteroatoms. The van der Waals surface area contributed by atoms with Gasteiger partial charge in [0.05, 0.1) is 7.11 Å². The molecule has 1 rings (SSSR count). The monoisotopic (exact) mass is 208 g/mol. The predicted molar refractivity (Wildman–Crippen MR) is 58.5 cm³/mol. The van der Waals surface area contributed by atoms with Gasteiger partial charge in [0.1, 0.15) is 5.75 Å². The molecule has 0 aliphatic carbocycles. The van der Waals surface area contributed by atoms with Crippen molar-refractivity contribution in [1.82, 2.24) is 0 Å². The van der Waals surface area contributed by atoms with E-state index >= 15 is 0 Å². The van der Waals surface area contributed by atoms with Crippen molar-refractivity contribution in [3.8, 4) is 5.75 Å². The van der Waals surface area contributed by atoms with E-state index in [0.29, 0.717) is 0 Å². The van der Waals surface area contributed by atoms with Crippen LogP contribution in [-0.4, -0.2) is 13.0 Å². The molecule has 0 saturated carbocycles. The van der Waals surface area contributed by atoms with Crippen molar-refractivity contribution in [1.29, 1.82) is 0 Å². The molecule has 0 aromatic heterocycles. The lowest BCUT2D eigenvalue weighted by molar-refractivity contribution is -0.118. The lowest BCUT2D eigenvalue weighted by Gasteiger charge is -2.13. The highest BCUT2D eigenvalue weighted by atomic mass is 16.5. The zero-order valence-corrected chi connectivity index (χ0v) is 8.99. The molecule has 15 heavy (non-hydrogen) atoms. The van der Waals surface area contributed by atoms with Gasteiger partial charge < -0.3 is 16.2 Å². The van der Waals surface area contributed by atoms with Crippen LogP contribution in [0.15, 0.2) is 18.2 Å². The van der Waals surface area contributed by atoms with Crippen LogP contribution >= 0.6 is 0 Å². The fourth-order valence-corrected chi connectivity index (χ4v) is 1.52. The number of primary amides is 1. The molecule has 0 aliphatic heterocycles. The van der Waals surface area contributed by atoms with Gasteiger partial charge in [-0.3, -0.25) is 4.79 Å². The second kappa shape index (κ2) is 4.79. The highest BCUT2D eigenvalue weighted by molar-refractivity contribution is 5.74. The Hall–Kier alpha value is -1.55. The summed E-state index contributed by atoms with van der Waals surface area (Å²) < 4.78 is 5.08. The molecule has 4 N–H and O–H groups in total. The van der Waals surface area contributed by atoms with Gasteiger partial charge in [0, 0.05) is 12.5 Å². The standard InChI is InChI=1S/C11H16N2O2/c1-7-5-8(15-2)3-4-9(7)10(12)6-11(13)14/h3-5,10H,6,12H2,1-2H3,(H2,13,14). The Morgan fingerprint density at radius 1 is 1.53 bits per heavy atom. The van der Waals surface area contributed by atoms with Crippen LogP contribution in [0.3, 0.4) is 0 Å². The molecule has 1 unspecified atom stereocenters. The molecule has 82 valence electrons. The molecule has 0 heterocycles. The molecule has 1 atom stereocenters. The summed E-state index contributed by atoms with van der Waals surface area (Å²) in [6.07, 6.45) is 0.160. The van der Waals surface area contributed by atoms with Crippen molar-refractivity contribution < 1.29 is 9.53 Å². The van der Waals surface area contributed by atoms with E-state index < -0.39 is 5.91 Å². The first-order chi connectivity index (χ1) is 7.04. The predicted octanol–water partition coefficient (Wildman–Crippen LogP) is 0.879.